The molecule has 21 heavy (non-hydrogen) atoms. The van der Waals surface area contributed by atoms with Crippen LogP contribution in [-0.4, -0.2) is 16.1 Å². The number of aromatic nitrogens is 1. The van der Waals surface area contributed by atoms with Crippen LogP contribution in [0, 0.1) is 5.92 Å². The molecule has 0 amide bonds. The van der Waals surface area contributed by atoms with E-state index in [9.17, 15) is 9.90 Å². The summed E-state index contributed by atoms with van der Waals surface area (Å²) in [6.07, 6.45) is 10.0. The molecule has 1 aliphatic carbocycles. The van der Waals surface area contributed by atoms with Gasteiger partial charge in [0.25, 0.3) is 0 Å². The van der Waals surface area contributed by atoms with E-state index >= 15 is 0 Å². The fourth-order valence-electron chi connectivity index (χ4n) is 3.69. The summed E-state index contributed by atoms with van der Waals surface area (Å²) in [5.74, 6) is 0.0103. The van der Waals surface area contributed by atoms with Gasteiger partial charge < -0.3 is 10.1 Å². The van der Waals surface area contributed by atoms with Crippen LogP contribution < -0.4 is 0 Å². The van der Waals surface area contributed by atoms with Gasteiger partial charge in [0.15, 0.2) is 0 Å². The van der Waals surface area contributed by atoms with Gasteiger partial charge in [0.2, 0.25) is 0 Å². The first kappa shape index (κ1) is 14.2. The fraction of sp³-hybridized carbons (Fsp3) is 0.500. The molecule has 1 aromatic heterocycles. The number of aromatic carboxylic acids is 1. The normalized spacial score (nSPS) is 16.4. The van der Waals surface area contributed by atoms with Gasteiger partial charge in [-0.05, 0) is 30.4 Å². The minimum Gasteiger partial charge on any atom is -0.477 e. The number of H-pyrrole nitrogens is 1. The van der Waals surface area contributed by atoms with E-state index in [0.717, 1.165) is 35.2 Å². The van der Waals surface area contributed by atoms with Crippen molar-refractivity contribution in [2.24, 2.45) is 5.92 Å². The molecule has 1 fully saturated rings. The Labute approximate surface area is 125 Å². The molecule has 0 bridgehead atoms. The van der Waals surface area contributed by atoms with E-state index in [2.05, 4.69) is 4.98 Å². The van der Waals surface area contributed by atoms with Crippen molar-refractivity contribution in [1.82, 2.24) is 4.98 Å². The van der Waals surface area contributed by atoms with Crippen LogP contribution in [0.3, 0.4) is 0 Å². The Morgan fingerprint density at radius 2 is 1.95 bits per heavy atom. The number of fused-ring (bicyclic) bond motifs is 1. The highest BCUT2D eigenvalue weighted by atomic mass is 16.4. The van der Waals surface area contributed by atoms with Crippen molar-refractivity contribution in [3.63, 3.8) is 0 Å². The SMILES string of the molecule is O=C(O)c1[nH]c2ccccc2c1CCCC1CCCCC1. The predicted molar refractivity (Wildman–Crippen MR) is 84.8 cm³/mol. The summed E-state index contributed by atoms with van der Waals surface area (Å²) in [6.45, 7) is 0. The number of aryl methyl sites for hydroxylation is 1. The summed E-state index contributed by atoms with van der Waals surface area (Å²) in [7, 11) is 0. The fourth-order valence-corrected chi connectivity index (χ4v) is 3.69. The Kier molecular flexibility index (Phi) is 4.28. The summed E-state index contributed by atoms with van der Waals surface area (Å²) < 4.78 is 0. The van der Waals surface area contributed by atoms with Gasteiger partial charge in [0.1, 0.15) is 5.69 Å². The number of carboxylic acids is 1. The van der Waals surface area contributed by atoms with Crippen LogP contribution in [0.4, 0.5) is 0 Å². The molecule has 3 rings (SSSR count). The van der Waals surface area contributed by atoms with E-state index in [0.29, 0.717) is 5.69 Å². The van der Waals surface area contributed by atoms with Crippen molar-refractivity contribution in [3.8, 4) is 0 Å². The molecule has 1 aliphatic rings. The predicted octanol–water partition coefficient (Wildman–Crippen LogP) is 4.77. The third kappa shape index (κ3) is 3.12. The van der Waals surface area contributed by atoms with Crippen LogP contribution in [0.1, 0.15) is 61.0 Å². The average molecular weight is 285 g/mol. The van der Waals surface area contributed by atoms with Gasteiger partial charge in [-0.25, -0.2) is 4.79 Å². The zero-order valence-electron chi connectivity index (χ0n) is 12.4. The minimum atomic E-state index is -0.848. The van der Waals surface area contributed by atoms with Crippen LogP contribution in [0.5, 0.6) is 0 Å². The maximum atomic E-state index is 11.4. The van der Waals surface area contributed by atoms with Gasteiger partial charge in [-0.2, -0.15) is 0 Å². The van der Waals surface area contributed by atoms with E-state index in [-0.39, 0.29) is 0 Å². The molecule has 1 aromatic carbocycles. The van der Waals surface area contributed by atoms with Crippen molar-refractivity contribution in [2.45, 2.75) is 51.4 Å². The van der Waals surface area contributed by atoms with Gasteiger partial charge >= 0.3 is 5.97 Å². The maximum absolute atomic E-state index is 11.4. The monoisotopic (exact) mass is 285 g/mol. The highest BCUT2D eigenvalue weighted by Gasteiger charge is 2.18. The second kappa shape index (κ2) is 6.33. The zero-order valence-corrected chi connectivity index (χ0v) is 12.4. The third-order valence-corrected chi connectivity index (χ3v) is 4.79. The molecule has 2 N–H and O–H groups in total. The Balaban J connectivity index is 1.72. The number of para-hydroxylation sites is 1. The second-order valence-corrected chi connectivity index (χ2v) is 6.23. The Morgan fingerprint density at radius 3 is 2.71 bits per heavy atom. The van der Waals surface area contributed by atoms with Gasteiger partial charge in [0, 0.05) is 10.9 Å². The molecule has 3 nitrogen and oxygen atoms in total. The number of carboxylic acid groups (broad SMARTS) is 1. The number of benzene rings is 1. The molecule has 0 saturated heterocycles. The summed E-state index contributed by atoms with van der Waals surface area (Å²) >= 11 is 0. The van der Waals surface area contributed by atoms with E-state index in [1.165, 1.54) is 38.5 Å². The molecule has 0 spiro atoms. The highest BCUT2D eigenvalue weighted by molar-refractivity contribution is 5.97. The van der Waals surface area contributed by atoms with Crippen molar-refractivity contribution < 1.29 is 9.90 Å². The Bertz CT molecular complexity index is 623. The van der Waals surface area contributed by atoms with Gasteiger partial charge in [0.05, 0.1) is 0 Å². The highest BCUT2D eigenvalue weighted by Crippen LogP contribution is 2.29. The minimum absolute atomic E-state index is 0.375. The summed E-state index contributed by atoms with van der Waals surface area (Å²) in [4.78, 5) is 14.5. The summed E-state index contributed by atoms with van der Waals surface area (Å²) in [5.41, 5.74) is 2.29. The lowest BCUT2D eigenvalue weighted by Crippen LogP contribution is -2.07. The standard InChI is InChI=1S/C18H23NO2/c20-18(21)17-15(14-10-4-5-12-16(14)19-17)11-6-9-13-7-2-1-3-8-13/h4-5,10,12-13,19H,1-3,6-9,11H2,(H,20,21). The molecule has 1 saturated carbocycles. The quantitative estimate of drug-likeness (QED) is 0.831. The van der Waals surface area contributed by atoms with Crippen LogP contribution in [0.25, 0.3) is 10.9 Å². The molecule has 0 atom stereocenters. The molecular formula is C18H23NO2. The first-order chi connectivity index (χ1) is 10.3. The number of aromatic amines is 1. The molecule has 0 aliphatic heterocycles. The Morgan fingerprint density at radius 1 is 1.19 bits per heavy atom. The molecular weight excluding hydrogens is 262 g/mol. The van der Waals surface area contributed by atoms with E-state index in [1.807, 2.05) is 24.3 Å². The number of carbonyl (C=O) groups is 1. The van der Waals surface area contributed by atoms with Crippen molar-refractivity contribution in [3.05, 3.63) is 35.5 Å². The van der Waals surface area contributed by atoms with E-state index < -0.39 is 5.97 Å². The molecule has 112 valence electrons. The molecule has 0 radical (unpaired) electrons. The lowest BCUT2D eigenvalue weighted by atomic mass is 9.85. The molecule has 3 heteroatoms. The van der Waals surface area contributed by atoms with Crippen molar-refractivity contribution in [2.75, 3.05) is 0 Å². The van der Waals surface area contributed by atoms with Gasteiger partial charge in [-0.3, -0.25) is 0 Å². The first-order valence-electron chi connectivity index (χ1n) is 8.08. The second-order valence-electron chi connectivity index (χ2n) is 6.23. The van der Waals surface area contributed by atoms with E-state index in [4.69, 9.17) is 0 Å². The molecule has 0 unspecified atom stereocenters. The number of hydrogen-bond donors (Lipinski definition) is 2. The Hall–Kier alpha value is -1.77. The maximum Gasteiger partial charge on any atom is 0.352 e. The zero-order chi connectivity index (χ0) is 14.7. The largest absolute Gasteiger partial charge is 0.477 e. The third-order valence-electron chi connectivity index (χ3n) is 4.79. The summed E-state index contributed by atoms with van der Waals surface area (Å²) in [5, 5.41) is 10.5. The van der Waals surface area contributed by atoms with Crippen LogP contribution >= 0.6 is 0 Å². The van der Waals surface area contributed by atoms with Gasteiger partial charge in [-0.15, -0.1) is 0 Å². The molecule has 1 heterocycles. The van der Waals surface area contributed by atoms with Crippen molar-refractivity contribution >= 4 is 16.9 Å². The number of hydrogen-bond acceptors (Lipinski definition) is 1. The average Bonchev–Trinajstić information content (AvgIpc) is 2.88. The van der Waals surface area contributed by atoms with Crippen LogP contribution in [0.2, 0.25) is 0 Å². The number of rotatable bonds is 5. The van der Waals surface area contributed by atoms with Crippen LogP contribution in [-0.2, 0) is 6.42 Å². The smallest absolute Gasteiger partial charge is 0.352 e. The topological polar surface area (TPSA) is 53.1 Å². The van der Waals surface area contributed by atoms with Crippen molar-refractivity contribution in [1.29, 1.82) is 0 Å². The van der Waals surface area contributed by atoms with E-state index in [1.54, 1.807) is 0 Å². The molecule has 2 aromatic rings. The lowest BCUT2D eigenvalue weighted by Gasteiger charge is -2.21. The summed E-state index contributed by atoms with van der Waals surface area (Å²) in [6, 6.07) is 7.89. The first-order valence-corrected chi connectivity index (χ1v) is 8.08. The van der Waals surface area contributed by atoms with Crippen LogP contribution in [0.15, 0.2) is 24.3 Å². The lowest BCUT2D eigenvalue weighted by molar-refractivity contribution is 0.0690. The number of nitrogens with one attached hydrogen (secondary N) is 1. The van der Waals surface area contributed by atoms with Gasteiger partial charge in [-0.1, -0.05) is 56.7 Å².